The summed E-state index contributed by atoms with van der Waals surface area (Å²) in [5, 5.41) is 4.78. The zero-order valence-corrected chi connectivity index (χ0v) is 18.4. The van der Waals surface area contributed by atoms with Crippen LogP contribution in [0.2, 0.25) is 0 Å². The summed E-state index contributed by atoms with van der Waals surface area (Å²) in [6, 6.07) is 3.52. The van der Waals surface area contributed by atoms with E-state index in [2.05, 4.69) is 16.4 Å². The normalized spacial score (nSPS) is 18.2. The third kappa shape index (κ3) is 3.77. The number of ketones is 1. The number of Topliss-reactive ketones (excluding diaryl/α,β-unsaturated/α-hetero) is 1. The first-order chi connectivity index (χ1) is 16.1. The summed E-state index contributed by atoms with van der Waals surface area (Å²) in [6.45, 7) is 2.95. The van der Waals surface area contributed by atoms with Gasteiger partial charge >= 0.3 is 6.03 Å². The second-order valence-electron chi connectivity index (χ2n) is 8.40. The van der Waals surface area contributed by atoms with Gasteiger partial charge in [0.1, 0.15) is 0 Å². The van der Waals surface area contributed by atoms with Gasteiger partial charge in [-0.2, -0.15) is 0 Å². The molecule has 1 saturated heterocycles. The highest BCUT2D eigenvalue weighted by Gasteiger charge is 2.38. The number of allylic oxidation sites excluding steroid dienone is 3. The van der Waals surface area contributed by atoms with E-state index in [1.54, 1.807) is 27.2 Å². The van der Waals surface area contributed by atoms with Crippen molar-refractivity contribution in [2.24, 2.45) is 5.84 Å². The van der Waals surface area contributed by atoms with E-state index in [-0.39, 0.29) is 24.9 Å². The molecule has 2 aliphatic heterocycles. The summed E-state index contributed by atoms with van der Waals surface area (Å²) in [5.74, 6) is 13.0. The van der Waals surface area contributed by atoms with Crippen molar-refractivity contribution < 1.29 is 9.59 Å². The molecule has 172 valence electrons. The van der Waals surface area contributed by atoms with Crippen LogP contribution in [0.1, 0.15) is 28.9 Å². The number of aromatic nitrogens is 2. The fraction of sp³-hybridized carbons (Fsp3) is 0.348. The number of nitrogens with two attached hydrogens (primary N) is 2. The van der Waals surface area contributed by atoms with Gasteiger partial charge < -0.3 is 21.0 Å². The van der Waals surface area contributed by atoms with Crippen molar-refractivity contribution in [1.82, 2.24) is 24.8 Å². The number of hydrazine groups is 1. The number of carbonyl (C=O) groups excluding carboxylic acids is 2. The van der Waals surface area contributed by atoms with Crippen molar-refractivity contribution in [2.45, 2.75) is 19.4 Å². The minimum Gasteiger partial charge on any atom is -0.339 e. The number of hydrogen-bond acceptors (Lipinski definition) is 7. The number of nitrogen functional groups attached to an aromatic ring is 1. The van der Waals surface area contributed by atoms with Gasteiger partial charge in [-0.15, -0.1) is 0 Å². The summed E-state index contributed by atoms with van der Waals surface area (Å²) in [4.78, 5) is 34.0. The van der Waals surface area contributed by atoms with Crippen LogP contribution in [0.5, 0.6) is 0 Å². The summed E-state index contributed by atoms with van der Waals surface area (Å²) in [7, 11) is 0. The second kappa shape index (κ2) is 8.72. The average Bonchev–Trinajstić information content (AvgIpc) is 3.17. The quantitative estimate of drug-likeness (QED) is 0.476. The topological polar surface area (TPSA) is 126 Å². The van der Waals surface area contributed by atoms with Gasteiger partial charge in [-0.25, -0.2) is 10.6 Å². The molecule has 0 atom stereocenters. The monoisotopic (exact) mass is 448 g/mol. The maximum absolute atomic E-state index is 13.5. The molecule has 10 heteroatoms. The standard InChI is InChI=1S/C23H28N8O2/c24-30(17-4-2-1-3-5-17)22-20-18(31(25)21(22)16-6-8-26-9-7-16)14-29(15-19(20)32)23(33)28-12-10-27-11-13-28/h2,4-9,27H,1,3,10-15,24-25H2. The predicted octanol–water partition coefficient (Wildman–Crippen LogP) is 1.20. The molecule has 2 aromatic heterocycles. The SMILES string of the molecule is NN(C1=CCCC=C1)c1c2c(n(N)c1-c1ccncc1)CN(C(=O)N1CCNCC1)CC2=O. The predicted molar refractivity (Wildman–Crippen MR) is 126 cm³/mol. The van der Waals surface area contributed by atoms with E-state index in [4.69, 9.17) is 11.7 Å². The summed E-state index contributed by atoms with van der Waals surface area (Å²) in [5.41, 5.74) is 3.81. The van der Waals surface area contributed by atoms with E-state index in [0.717, 1.165) is 37.2 Å². The molecule has 4 heterocycles. The smallest absolute Gasteiger partial charge is 0.320 e. The summed E-state index contributed by atoms with van der Waals surface area (Å²) >= 11 is 0. The van der Waals surface area contributed by atoms with E-state index in [1.165, 1.54) is 4.68 Å². The third-order valence-corrected chi connectivity index (χ3v) is 6.34. The zero-order valence-electron chi connectivity index (χ0n) is 18.4. The van der Waals surface area contributed by atoms with Gasteiger partial charge in [0.25, 0.3) is 0 Å². The molecule has 10 nitrogen and oxygen atoms in total. The van der Waals surface area contributed by atoms with Gasteiger partial charge in [0, 0.05) is 44.1 Å². The van der Waals surface area contributed by atoms with Gasteiger partial charge in [0.2, 0.25) is 0 Å². The molecule has 0 spiro atoms. The lowest BCUT2D eigenvalue weighted by Crippen LogP contribution is -2.53. The molecule has 0 radical (unpaired) electrons. The zero-order chi connectivity index (χ0) is 22.9. The average molecular weight is 449 g/mol. The molecule has 0 bridgehead atoms. The first-order valence-corrected chi connectivity index (χ1v) is 11.2. The van der Waals surface area contributed by atoms with Crippen LogP contribution >= 0.6 is 0 Å². The number of fused-ring (bicyclic) bond motifs is 1. The Morgan fingerprint density at radius 1 is 1.09 bits per heavy atom. The van der Waals surface area contributed by atoms with Crippen molar-refractivity contribution in [2.75, 3.05) is 43.6 Å². The van der Waals surface area contributed by atoms with Crippen molar-refractivity contribution >= 4 is 17.5 Å². The fourth-order valence-electron chi connectivity index (χ4n) is 4.68. The number of piperazine rings is 1. The molecule has 2 aromatic rings. The molecule has 1 aliphatic carbocycles. The van der Waals surface area contributed by atoms with Crippen molar-refractivity contribution in [3.05, 3.63) is 59.7 Å². The van der Waals surface area contributed by atoms with Crippen LogP contribution in [0, 0.1) is 0 Å². The first kappa shape index (κ1) is 21.2. The molecule has 33 heavy (non-hydrogen) atoms. The molecule has 5 rings (SSSR count). The van der Waals surface area contributed by atoms with Gasteiger partial charge in [0.05, 0.1) is 41.4 Å². The van der Waals surface area contributed by atoms with E-state index in [9.17, 15) is 9.59 Å². The molecule has 0 aromatic carbocycles. The lowest BCUT2D eigenvalue weighted by molar-refractivity contribution is 0.0882. The highest BCUT2D eigenvalue weighted by Crippen LogP contribution is 2.40. The van der Waals surface area contributed by atoms with Crippen LogP contribution in [0.25, 0.3) is 11.3 Å². The van der Waals surface area contributed by atoms with Crippen molar-refractivity contribution in [3.63, 3.8) is 0 Å². The van der Waals surface area contributed by atoms with Crippen LogP contribution in [0.4, 0.5) is 10.5 Å². The Morgan fingerprint density at radius 3 is 2.55 bits per heavy atom. The number of amides is 2. The molecule has 5 N–H and O–H groups in total. The van der Waals surface area contributed by atoms with Gasteiger partial charge in [0.15, 0.2) is 5.78 Å². The lowest BCUT2D eigenvalue weighted by Gasteiger charge is -2.35. The fourth-order valence-corrected chi connectivity index (χ4v) is 4.68. The Hall–Kier alpha value is -3.63. The first-order valence-electron chi connectivity index (χ1n) is 11.2. The Morgan fingerprint density at radius 2 is 1.85 bits per heavy atom. The number of anilines is 1. The Kier molecular flexibility index (Phi) is 5.61. The number of rotatable bonds is 3. The molecule has 1 fully saturated rings. The number of pyridine rings is 1. The number of hydrogen-bond donors (Lipinski definition) is 3. The third-order valence-electron chi connectivity index (χ3n) is 6.34. The summed E-state index contributed by atoms with van der Waals surface area (Å²) in [6.07, 6.45) is 11.2. The molecule has 0 saturated carbocycles. The maximum Gasteiger partial charge on any atom is 0.320 e. The van der Waals surface area contributed by atoms with Crippen LogP contribution < -0.4 is 22.0 Å². The molecular weight excluding hydrogens is 420 g/mol. The Bertz CT molecular complexity index is 1130. The molecule has 3 aliphatic rings. The molecule has 0 unspecified atom stereocenters. The lowest BCUT2D eigenvalue weighted by atomic mass is 10.0. The van der Waals surface area contributed by atoms with Gasteiger partial charge in [-0.05, 0) is 31.1 Å². The maximum atomic E-state index is 13.5. The highest BCUT2D eigenvalue weighted by atomic mass is 16.2. The van der Waals surface area contributed by atoms with E-state index in [0.29, 0.717) is 35.7 Å². The second-order valence-corrected chi connectivity index (χ2v) is 8.40. The van der Waals surface area contributed by atoms with Crippen LogP contribution in [0.3, 0.4) is 0 Å². The largest absolute Gasteiger partial charge is 0.339 e. The van der Waals surface area contributed by atoms with Gasteiger partial charge in [-0.3, -0.25) is 19.5 Å². The van der Waals surface area contributed by atoms with Crippen LogP contribution in [-0.2, 0) is 6.54 Å². The van der Waals surface area contributed by atoms with Crippen molar-refractivity contribution in [1.29, 1.82) is 0 Å². The number of nitrogens with one attached hydrogen (secondary N) is 1. The van der Waals surface area contributed by atoms with Gasteiger partial charge in [-0.1, -0.05) is 12.2 Å². The van der Waals surface area contributed by atoms with Crippen LogP contribution in [0.15, 0.2) is 48.5 Å². The summed E-state index contributed by atoms with van der Waals surface area (Å²) < 4.78 is 1.50. The molecular formula is C23H28N8O2. The Balaban J connectivity index is 1.59. The number of urea groups is 1. The van der Waals surface area contributed by atoms with Crippen molar-refractivity contribution in [3.8, 4) is 11.3 Å². The minimum atomic E-state index is -0.176. The van der Waals surface area contributed by atoms with E-state index < -0.39 is 0 Å². The van der Waals surface area contributed by atoms with E-state index >= 15 is 0 Å². The highest BCUT2D eigenvalue weighted by molar-refractivity contribution is 6.09. The van der Waals surface area contributed by atoms with Crippen LogP contribution in [-0.4, -0.2) is 64.0 Å². The van der Waals surface area contributed by atoms with E-state index in [1.807, 2.05) is 24.3 Å². The number of carbonyl (C=O) groups is 2. The molecule has 2 amide bonds. The Labute approximate surface area is 192 Å². The number of nitrogens with zero attached hydrogens (tertiary/aromatic N) is 5. The minimum absolute atomic E-state index is 0.00864.